The monoisotopic (exact) mass is 341 g/mol. The van der Waals surface area contributed by atoms with Gasteiger partial charge in [-0.3, -0.25) is 0 Å². The van der Waals surface area contributed by atoms with Crippen molar-refractivity contribution in [3.63, 3.8) is 0 Å². The zero-order valence-corrected chi connectivity index (χ0v) is 14.4. The van der Waals surface area contributed by atoms with Gasteiger partial charge in [-0.25, -0.2) is 17.8 Å². The number of aryl methyl sites for hydroxylation is 2. The van der Waals surface area contributed by atoms with Crippen LogP contribution in [0.15, 0.2) is 65.7 Å². The molecule has 0 fully saturated rings. The zero-order chi connectivity index (χ0) is 17.2. The van der Waals surface area contributed by atoms with E-state index in [1.807, 2.05) is 61.5 Å². The fourth-order valence-corrected chi connectivity index (χ4v) is 3.56. The van der Waals surface area contributed by atoms with Crippen LogP contribution < -0.4 is 4.72 Å². The van der Waals surface area contributed by atoms with Gasteiger partial charge >= 0.3 is 0 Å². The Bertz CT molecular complexity index is 930. The predicted octanol–water partition coefficient (Wildman–Crippen LogP) is 2.97. The summed E-state index contributed by atoms with van der Waals surface area (Å²) in [6.07, 6.45) is 1.54. The van der Waals surface area contributed by atoms with Crippen LogP contribution in [0.2, 0.25) is 0 Å². The van der Waals surface area contributed by atoms with E-state index in [1.165, 1.54) is 0 Å². The van der Waals surface area contributed by atoms with E-state index in [0.29, 0.717) is 5.69 Å². The van der Waals surface area contributed by atoms with Gasteiger partial charge in [0.2, 0.25) is 10.0 Å². The second-order valence-corrected chi connectivity index (χ2v) is 7.40. The predicted molar refractivity (Wildman–Crippen MR) is 93.5 cm³/mol. The van der Waals surface area contributed by atoms with Gasteiger partial charge in [0.1, 0.15) is 4.90 Å². The Morgan fingerprint density at radius 3 is 2.33 bits per heavy atom. The first-order valence-corrected chi connectivity index (χ1v) is 9.11. The number of nitrogens with one attached hydrogen (secondary N) is 1. The van der Waals surface area contributed by atoms with Gasteiger partial charge in [-0.15, -0.1) is 0 Å². The molecule has 3 aromatic rings. The maximum atomic E-state index is 12.6. The van der Waals surface area contributed by atoms with Crippen LogP contribution in [0.4, 0.5) is 0 Å². The average molecular weight is 341 g/mol. The third-order valence-electron chi connectivity index (χ3n) is 3.75. The summed E-state index contributed by atoms with van der Waals surface area (Å²) in [5.74, 6) is 0. The van der Waals surface area contributed by atoms with Gasteiger partial charge in [-0.2, -0.15) is 5.10 Å². The van der Waals surface area contributed by atoms with Gasteiger partial charge in [-0.05, 0) is 31.5 Å². The molecule has 0 unspecified atom stereocenters. The molecule has 124 valence electrons. The van der Waals surface area contributed by atoms with E-state index in [9.17, 15) is 8.42 Å². The first-order valence-electron chi connectivity index (χ1n) is 7.62. The number of hydrogen-bond donors (Lipinski definition) is 1. The molecule has 1 aromatic heterocycles. The van der Waals surface area contributed by atoms with Crippen molar-refractivity contribution in [2.24, 2.45) is 0 Å². The molecular formula is C18H19N3O2S. The molecule has 1 heterocycles. The van der Waals surface area contributed by atoms with E-state index >= 15 is 0 Å². The third kappa shape index (κ3) is 3.55. The zero-order valence-electron chi connectivity index (χ0n) is 13.6. The maximum absolute atomic E-state index is 12.6. The van der Waals surface area contributed by atoms with Gasteiger partial charge in [0.25, 0.3) is 0 Å². The number of nitrogens with zero attached hydrogens (tertiary/aromatic N) is 2. The normalized spacial score (nSPS) is 11.6. The van der Waals surface area contributed by atoms with Crippen LogP contribution in [-0.4, -0.2) is 18.2 Å². The number of para-hydroxylation sites is 1. The highest BCUT2D eigenvalue weighted by Gasteiger charge is 2.20. The van der Waals surface area contributed by atoms with Gasteiger partial charge < -0.3 is 0 Å². The molecule has 2 aromatic carbocycles. The van der Waals surface area contributed by atoms with Crippen molar-refractivity contribution in [1.82, 2.24) is 14.5 Å². The van der Waals surface area contributed by atoms with E-state index in [4.69, 9.17) is 0 Å². The second-order valence-electron chi connectivity index (χ2n) is 5.67. The van der Waals surface area contributed by atoms with Crippen LogP contribution in [0.1, 0.15) is 16.8 Å². The first-order chi connectivity index (χ1) is 11.5. The van der Waals surface area contributed by atoms with Crippen LogP contribution in [0.25, 0.3) is 5.69 Å². The lowest BCUT2D eigenvalue weighted by atomic mass is 10.2. The summed E-state index contributed by atoms with van der Waals surface area (Å²) in [6.45, 7) is 3.94. The Kier molecular flexibility index (Phi) is 4.51. The van der Waals surface area contributed by atoms with Gasteiger partial charge in [0, 0.05) is 6.54 Å². The minimum Gasteiger partial charge on any atom is -0.239 e. The highest BCUT2D eigenvalue weighted by molar-refractivity contribution is 7.89. The highest BCUT2D eigenvalue weighted by atomic mass is 32.2. The van der Waals surface area contributed by atoms with Crippen molar-refractivity contribution < 1.29 is 8.42 Å². The molecule has 0 spiro atoms. The fourth-order valence-electron chi connectivity index (χ4n) is 2.38. The van der Waals surface area contributed by atoms with Gasteiger partial charge in [0.15, 0.2) is 0 Å². The number of sulfonamides is 1. The molecule has 5 nitrogen and oxygen atoms in total. The Morgan fingerprint density at radius 1 is 1.00 bits per heavy atom. The molecule has 0 bridgehead atoms. The molecule has 3 rings (SSSR count). The molecule has 6 heteroatoms. The van der Waals surface area contributed by atoms with Gasteiger partial charge in [0.05, 0.1) is 17.6 Å². The molecule has 0 saturated heterocycles. The Hall–Kier alpha value is -2.44. The summed E-state index contributed by atoms with van der Waals surface area (Å²) in [4.78, 5) is 0.193. The summed E-state index contributed by atoms with van der Waals surface area (Å²) >= 11 is 0. The summed E-state index contributed by atoms with van der Waals surface area (Å²) < 4.78 is 29.4. The first kappa shape index (κ1) is 16.4. The van der Waals surface area contributed by atoms with Crippen molar-refractivity contribution in [1.29, 1.82) is 0 Å². The standard InChI is InChI=1S/C18H19N3O2S/c1-14-8-10-16(11-9-14)12-19-24(22,23)18-13-21(20-15(18)2)17-6-4-3-5-7-17/h3-11,13,19H,12H2,1-2H3. The van der Waals surface area contributed by atoms with Crippen LogP contribution in [-0.2, 0) is 16.6 Å². The molecule has 0 aliphatic rings. The van der Waals surface area contributed by atoms with Crippen LogP contribution in [0, 0.1) is 13.8 Å². The minimum atomic E-state index is -3.62. The summed E-state index contributed by atoms with van der Waals surface area (Å²) in [6, 6.07) is 17.2. The minimum absolute atomic E-state index is 0.193. The van der Waals surface area contributed by atoms with Crippen molar-refractivity contribution in [3.05, 3.63) is 77.6 Å². The third-order valence-corrected chi connectivity index (χ3v) is 5.26. The molecule has 0 atom stereocenters. The van der Waals surface area contributed by atoms with Crippen LogP contribution in [0.3, 0.4) is 0 Å². The largest absolute Gasteiger partial charge is 0.244 e. The molecule has 0 aliphatic heterocycles. The fraction of sp³-hybridized carbons (Fsp3) is 0.167. The smallest absolute Gasteiger partial charge is 0.239 e. The average Bonchev–Trinajstić information content (AvgIpc) is 2.98. The number of aromatic nitrogens is 2. The molecule has 0 amide bonds. The molecular weight excluding hydrogens is 322 g/mol. The lowest BCUT2D eigenvalue weighted by Gasteiger charge is -2.06. The Balaban J connectivity index is 1.82. The SMILES string of the molecule is Cc1ccc(CNS(=O)(=O)c2cn(-c3ccccc3)nc2C)cc1. The quantitative estimate of drug-likeness (QED) is 0.776. The molecule has 24 heavy (non-hydrogen) atoms. The van der Waals surface area contributed by atoms with Crippen molar-refractivity contribution in [2.45, 2.75) is 25.3 Å². The topological polar surface area (TPSA) is 64.0 Å². The van der Waals surface area contributed by atoms with Crippen molar-refractivity contribution >= 4 is 10.0 Å². The molecule has 1 N–H and O–H groups in total. The molecule has 0 aliphatic carbocycles. The lowest BCUT2D eigenvalue weighted by molar-refractivity contribution is 0.580. The van der Waals surface area contributed by atoms with Gasteiger partial charge in [-0.1, -0.05) is 48.0 Å². The second kappa shape index (κ2) is 6.59. The van der Waals surface area contributed by atoms with E-state index in [0.717, 1.165) is 16.8 Å². The maximum Gasteiger partial charge on any atom is 0.244 e. The van der Waals surface area contributed by atoms with E-state index in [-0.39, 0.29) is 11.4 Å². The van der Waals surface area contributed by atoms with Crippen molar-refractivity contribution in [2.75, 3.05) is 0 Å². The number of rotatable bonds is 5. The van der Waals surface area contributed by atoms with E-state index in [2.05, 4.69) is 9.82 Å². The summed E-state index contributed by atoms with van der Waals surface area (Å²) in [5, 5.41) is 4.31. The molecule has 0 radical (unpaired) electrons. The van der Waals surface area contributed by atoms with E-state index in [1.54, 1.807) is 17.8 Å². The van der Waals surface area contributed by atoms with E-state index < -0.39 is 10.0 Å². The van der Waals surface area contributed by atoms with Crippen molar-refractivity contribution in [3.8, 4) is 5.69 Å². The van der Waals surface area contributed by atoms with Crippen LogP contribution >= 0.6 is 0 Å². The number of benzene rings is 2. The molecule has 0 saturated carbocycles. The Labute approximate surface area is 142 Å². The lowest BCUT2D eigenvalue weighted by Crippen LogP contribution is -2.23. The highest BCUT2D eigenvalue weighted by Crippen LogP contribution is 2.17. The van der Waals surface area contributed by atoms with Crippen LogP contribution in [0.5, 0.6) is 0 Å². The number of hydrogen-bond acceptors (Lipinski definition) is 3. The summed E-state index contributed by atoms with van der Waals surface area (Å²) in [5.41, 5.74) is 3.34. The Morgan fingerprint density at radius 2 is 1.67 bits per heavy atom. The summed E-state index contributed by atoms with van der Waals surface area (Å²) in [7, 11) is -3.62.